The van der Waals surface area contributed by atoms with E-state index in [1.54, 1.807) is 17.7 Å². The predicted octanol–water partition coefficient (Wildman–Crippen LogP) is 8.29. The lowest BCUT2D eigenvalue weighted by Crippen LogP contribution is -2.35. The summed E-state index contributed by atoms with van der Waals surface area (Å²) >= 11 is 0. The summed E-state index contributed by atoms with van der Waals surface area (Å²) in [5.41, 5.74) is 3.51. The lowest BCUT2D eigenvalue weighted by Gasteiger charge is -2.20. The van der Waals surface area contributed by atoms with E-state index in [1.807, 2.05) is 108 Å². The summed E-state index contributed by atoms with van der Waals surface area (Å²) in [6, 6.07) is 28.7. The predicted molar refractivity (Wildman–Crippen MR) is 202 cm³/mol. The van der Waals surface area contributed by atoms with Gasteiger partial charge in [0, 0.05) is 18.8 Å². The first-order valence-electron chi connectivity index (χ1n) is 17.8. The molecular formula is C42H42N4O5. The second-order valence-electron chi connectivity index (χ2n) is 12.8. The quantitative estimate of drug-likeness (QED) is 0.109. The molecule has 1 aromatic heterocycles. The molecule has 7 rings (SSSR count). The molecule has 1 fully saturated rings. The fraction of sp³-hybridized carbons (Fsp3) is 0.286. The van der Waals surface area contributed by atoms with Crippen molar-refractivity contribution in [1.82, 2.24) is 14.5 Å². The smallest absolute Gasteiger partial charge is 0.266 e. The topological polar surface area (TPSA) is 95.2 Å². The van der Waals surface area contributed by atoms with Crippen LogP contribution in [0.2, 0.25) is 0 Å². The van der Waals surface area contributed by atoms with E-state index in [4.69, 9.17) is 19.2 Å². The van der Waals surface area contributed by atoms with Crippen LogP contribution >= 0.6 is 0 Å². The molecule has 2 aliphatic heterocycles. The molecule has 5 aromatic rings. The molecule has 2 aliphatic rings. The van der Waals surface area contributed by atoms with Crippen molar-refractivity contribution in [2.24, 2.45) is 4.99 Å². The highest BCUT2D eigenvalue weighted by atomic mass is 16.5. The van der Waals surface area contributed by atoms with Crippen molar-refractivity contribution in [3.05, 3.63) is 118 Å². The van der Waals surface area contributed by atoms with Crippen molar-refractivity contribution < 1.29 is 19.0 Å². The molecule has 1 saturated heterocycles. The third-order valence-electron chi connectivity index (χ3n) is 9.39. The highest BCUT2D eigenvalue weighted by molar-refractivity contribution is 6.03. The first kappa shape index (κ1) is 33.8. The molecule has 0 bridgehead atoms. The van der Waals surface area contributed by atoms with E-state index in [1.165, 1.54) is 0 Å². The van der Waals surface area contributed by atoms with Gasteiger partial charge in [-0.25, -0.2) is 4.98 Å². The van der Waals surface area contributed by atoms with Crippen LogP contribution in [0.3, 0.4) is 0 Å². The van der Waals surface area contributed by atoms with Crippen molar-refractivity contribution in [2.45, 2.75) is 51.0 Å². The number of hydrogen-bond acceptors (Lipinski definition) is 7. The number of benzene rings is 4. The van der Waals surface area contributed by atoms with Gasteiger partial charge < -0.3 is 19.1 Å². The van der Waals surface area contributed by atoms with Crippen LogP contribution in [0.15, 0.2) is 101 Å². The van der Waals surface area contributed by atoms with Gasteiger partial charge in [0.25, 0.3) is 11.5 Å². The molecule has 0 aliphatic carbocycles. The molecule has 1 amide bonds. The third-order valence-corrected chi connectivity index (χ3v) is 9.39. The molecule has 0 saturated carbocycles. The van der Waals surface area contributed by atoms with Crippen molar-refractivity contribution in [3.63, 3.8) is 0 Å². The number of rotatable bonds is 14. The van der Waals surface area contributed by atoms with E-state index < -0.39 is 0 Å². The van der Waals surface area contributed by atoms with Gasteiger partial charge >= 0.3 is 0 Å². The Bertz CT molecular complexity index is 2110. The zero-order valence-electron chi connectivity index (χ0n) is 28.9. The summed E-state index contributed by atoms with van der Waals surface area (Å²) in [5.74, 6) is 2.50. The summed E-state index contributed by atoms with van der Waals surface area (Å²) in [5, 5.41) is 0.572. The van der Waals surface area contributed by atoms with Crippen LogP contribution in [-0.4, -0.2) is 59.5 Å². The van der Waals surface area contributed by atoms with Crippen molar-refractivity contribution in [3.8, 4) is 22.9 Å². The number of aliphatic imine (C=N–C) groups is 1. The SMILES string of the molecule is COc1cc2c(cc1OCCCCCCCOc1ccc(-n3c(C=Cc4ccccc4)nc4ccccc4c3=O)cc1)N=C[C@@H]1CCCN1C2=O. The molecular weight excluding hydrogens is 640 g/mol. The highest BCUT2D eigenvalue weighted by Crippen LogP contribution is 2.38. The minimum Gasteiger partial charge on any atom is -0.494 e. The average molecular weight is 683 g/mol. The maximum absolute atomic E-state index is 13.6. The molecule has 9 heteroatoms. The number of fused-ring (bicyclic) bond motifs is 3. The van der Waals surface area contributed by atoms with Gasteiger partial charge in [0.05, 0.1) is 54.2 Å². The van der Waals surface area contributed by atoms with Gasteiger partial charge in [0.2, 0.25) is 0 Å². The van der Waals surface area contributed by atoms with E-state index in [0.717, 1.165) is 68.5 Å². The van der Waals surface area contributed by atoms with Crippen LogP contribution < -0.4 is 19.8 Å². The molecule has 4 aromatic carbocycles. The van der Waals surface area contributed by atoms with Crippen LogP contribution in [0.5, 0.6) is 17.2 Å². The summed E-state index contributed by atoms with van der Waals surface area (Å²) in [6.07, 6.45) is 12.7. The fourth-order valence-electron chi connectivity index (χ4n) is 6.66. The highest BCUT2D eigenvalue weighted by Gasteiger charge is 2.32. The van der Waals surface area contributed by atoms with Crippen molar-refractivity contribution in [1.29, 1.82) is 0 Å². The van der Waals surface area contributed by atoms with Crippen LogP contribution in [0.4, 0.5) is 5.69 Å². The number of hydrogen-bond donors (Lipinski definition) is 0. The molecule has 260 valence electrons. The third kappa shape index (κ3) is 7.72. The molecule has 9 nitrogen and oxygen atoms in total. The minimum atomic E-state index is -0.115. The zero-order valence-corrected chi connectivity index (χ0v) is 28.9. The molecule has 0 unspecified atom stereocenters. The first-order chi connectivity index (χ1) is 25.1. The van der Waals surface area contributed by atoms with Gasteiger partial charge in [-0.15, -0.1) is 0 Å². The number of ether oxygens (including phenoxy) is 3. The first-order valence-corrected chi connectivity index (χ1v) is 17.8. The molecule has 0 spiro atoms. The Hall–Kier alpha value is -5.70. The lowest BCUT2D eigenvalue weighted by molar-refractivity contribution is 0.0774. The Kier molecular flexibility index (Phi) is 10.5. The number of para-hydroxylation sites is 1. The fourth-order valence-corrected chi connectivity index (χ4v) is 6.66. The summed E-state index contributed by atoms with van der Waals surface area (Å²) in [7, 11) is 1.60. The van der Waals surface area contributed by atoms with E-state index in [-0.39, 0.29) is 17.5 Å². The number of amides is 1. The Morgan fingerprint density at radius 3 is 2.35 bits per heavy atom. The number of carbonyl (C=O) groups is 1. The zero-order chi connectivity index (χ0) is 35.0. The standard InChI is InChI=1S/C42H42N4O5/c1-49-38-27-35-37(43-29-32-15-12-24-45(32)41(35)47)28-39(38)51-26-11-4-2-3-10-25-50-33-21-19-31(20-22-33)46-40(23-18-30-13-6-5-7-14-30)44-36-17-9-8-16-34(36)42(46)48/h5-9,13-14,16-23,27-29,32H,2-4,10-12,15,24-26H2,1H3/t32-/m0/s1. The van der Waals surface area contributed by atoms with E-state index in [9.17, 15) is 9.59 Å². The van der Waals surface area contributed by atoms with Gasteiger partial charge in [-0.05, 0) is 79.8 Å². The molecule has 0 N–H and O–H groups in total. The monoisotopic (exact) mass is 682 g/mol. The molecule has 3 heterocycles. The van der Waals surface area contributed by atoms with Gasteiger partial charge in [-0.2, -0.15) is 0 Å². The second kappa shape index (κ2) is 15.9. The Balaban J connectivity index is 0.881. The van der Waals surface area contributed by atoms with E-state index in [0.29, 0.717) is 52.7 Å². The molecule has 1 atom stereocenters. The van der Waals surface area contributed by atoms with Crippen LogP contribution in [0, 0.1) is 0 Å². The van der Waals surface area contributed by atoms with Gasteiger partial charge in [0.1, 0.15) is 11.6 Å². The molecule has 51 heavy (non-hydrogen) atoms. The summed E-state index contributed by atoms with van der Waals surface area (Å²) in [6.45, 7) is 1.93. The second-order valence-corrected chi connectivity index (χ2v) is 12.8. The Morgan fingerprint density at radius 2 is 1.55 bits per heavy atom. The van der Waals surface area contributed by atoms with Gasteiger partial charge in [-0.3, -0.25) is 19.1 Å². The number of carbonyl (C=O) groups excluding carboxylic acids is 1. The van der Waals surface area contributed by atoms with E-state index in [2.05, 4.69) is 4.99 Å². The minimum absolute atomic E-state index is 0.00709. The van der Waals surface area contributed by atoms with Crippen LogP contribution in [0.25, 0.3) is 28.7 Å². The van der Waals surface area contributed by atoms with Gasteiger partial charge in [0.15, 0.2) is 11.5 Å². The van der Waals surface area contributed by atoms with Crippen molar-refractivity contribution >= 4 is 40.9 Å². The van der Waals surface area contributed by atoms with Crippen LogP contribution in [-0.2, 0) is 0 Å². The van der Waals surface area contributed by atoms with E-state index >= 15 is 0 Å². The maximum Gasteiger partial charge on any atom is 0.266 e. The summed E-state index contributed by atoms with van der Waals surface area (Å²) < 4.78 is 19.3. The summed E-state index contributed by atoms with van der Waals surface area (Å²) in [4.78, 5) is 38.0. The maximum atomic E-state index is 13.6. The van der Waals surface area contributed by atoms with Crippen molar-refractivity contribution in [2.75, 3.05) is 26.9 Å². The Labute approximate surface area is 297 Å². The lowest BCUT2D eigenvalue weighted by atomic mass is 10.1. The van der Waals surface area contributed by atoms with Gasteiger partial charge in [-0.1, -0.05) is 67.8 Å². The normalized spacial score (nSPS) is 15.2. The molecule has 0 radical (unpaired) electrons. The Morgan fingerprint density at radius 1 is 0.804 bits per heavy atom. The number of aromatic nitrogens is 2. The van der Waals surface area contributed by atoms with Crippen LogP contribution in [0.1, 0.15) is 66.7 Å². The largest absolute Gasteiger partial charge is 0.494 e. The number of methoxy groups -OCH3 is 1. The average Bonchev–Trinajstić information content (AvgIpc) is 3.60. The number of unbranched alkanes of at least 4 members (excludes halogenated alkanes) is 4. The number of nitrogens with zero attached hydrogens (tertiary/aromatic N) is 4.